The molecule has 1 aromatic carbocycles. The predicted molar refractivity (Wildman–Crippen MR) is 45.7 cm³/mol. The molecule has 2 heteroatoms. The van der Waals surface area contributed by atoms with Crippen LogP contribution in [0.3, 0.4) is 0 Å². The van der Waals surface area contributed by atoms with E-state index in [1.807, 2.05) is 0 Å². The van der Waals surface area contributed by atoms with Crippen molar-refractivity contribution in [3.8, 4) is 0 Å². The minimum atomic E-state index is -1.10. The molecule has 12 heavy (non-hydrogen) atoms. The lowest BCUT2D eigenvalue weighted by molar-refractivity contribution is 0.317. The van der Waals surface area contributed by atoms with Crippen molar-refractivity contribution < 1.29 is 10.2 Å². The van der Waals surface area contributed by atoms with Gasteiger partial charge in [0.25, 0.3) is 0 Å². The van der Waals surface area contributed by atoms with Gasteiger partial charge in [-0.15, -0.1) is 0 Å². The van der Waals surface area contributed by atoms with Crippen LogP contribution in [-0.2, 0) is 0 Å². The summed E-state index contributed by atoms with van der Waals surface area (Å²) in [4.78, 5) is 0. The average molecular weight is 165 g/mol. The maximum absolute atomic E-state index is 12.8. The Hall–Kier alpha value is -1.31. The molecule has 2 aromatic rings. The van der Waals surface area contributed by atoms with Crippen LogP contribution in [-0.4, -0.2) is 0 Å². The number of furan rings is 1. The highest BCUT2D eigenvalue weighted by Gasteiger charge is 2.08. The molecule has 0 saturated heterocycles. The summed E-state index contributed by atoms with van der Waals surface area (Å²) < 4.78 is 25.4. The molecule has 0 spiro atoms. The minimum Gasteiger partial charge on any atom is -0.458 e. The van der Waals surface area contributed by atoms with Gasteiger partial charge in [-0.3, -0.25) is 0 Å². The zero-order valence-corrected chi connectivity index (χ0v) is 6.67. The van der Waals surface area contributed by atoms with Gasteiger partial charge in [0.2, 0.25) is 0 Å². The summed E-state index contributed by atoms with van der Waals surface area (Å²) in [5, 5.41) is 0.843. The Balaban J connectivity index is 2.62. The topological polar surface area (TPSA) is 13.1 Å². The minimum absolute atomic E-state index is 0.320. The predicted octanol–water partition coefficient (Wildman–Crippen LogP) is 3.46. The largest absolute Gasteiger partial charge is 0.458 e. The summed E-state index contributed by atoms with van der Waals surface area (Å²) >= 11 is 0. The Bertz CT molecular complexity index is 433. The average Bonchev–Trinajstić information content (AvgIpc) is 2.46. The highest BCUT2D eigenvalue weighted by molar-refractivity contribution is 5.77. The van der Waals surface area contributed by atoms with Crippen molar-refractivity contribution in [2.75, 3.05) is 0 Å². The molecule has 0 fully saturated rings. The van der Waals surface area contributed by atoms with Crippen LogP contribution in [0.2, 0.25) is 0 Å². The van der Waals surface area contributed by atoms with E-state index in [0.717, 1.165) is 5.39 Å². The molecule has 1 atom stereocenters. The van der Waals surface area contributed by atoms with E-state index in [2.05, 4.69) is 0 Å². The molecule has 1 heterocycles. The fraction of sp³-hybridized carbons (Fsp3) is 0.200. The molecule has 0 aliphatic carbocycles. The van der Waals surface area contributed by atoms with Crippen LogP contribution < -0.4 is 0 Å². The van der Waals surface area contributed by atoms with Gasteiger partial charge in [0.1, 0.15) is 11.3 Å². The van der Waals surface area contributed by atoms with E-state index in [1.165, 1.54) is 6.92 Å². The summed E-state index contributed by atoms with van der Waals surface area (Å²) in [6.07, 6.45) is -1.10. The van der Waals surface area contributed by atoms with Crippen LogP contribution in [0.25, 0.3) is 11.0 Å². The summed E-state index contributed by atoms with van der Waals surface area (Å²) in [5.74, 6) is 0.320. The van der Waals surface area contributed by atoms with E-state index in [0.29, 0.717) is 17.4 Å². The van der Waals surface area contributed by atoms with Gasteiger partial charge in [0.15, 0.2) is 6.17 Å². The van der Waals surface area contributed by atoms with Gasteiger partial charge in [-0.1, -0.05) is 18.2 Å². The molecular weight excluding hydrogens is 155 g/mol. The molecular formula is C10H9FO. The van der Waals surface area contributed by atoms with Crippen molar-refractivity contribution in [3.05, 3.63) is 36.1 Å². The first-order valence-corrected chi connectivity index (χ1v) is 3.81. The quantitative estimate of drug-likeness (QED) is 0.630. The number of para-hydroxylation sites is 1. The Labute approximate surface area is 71.2 Å². The lowest BCUT2D eigenvalue weighted by Crippen LogP contribution is -1.77. The lowest BCUT2D eigenvalue weighted by atomic mass is 10.2. The van der Waals surface area contributed by atoms with Gasteiger partial charge in [-0.25, -0.2) is 4.39 Å². The second-order valence-electron chi connectivity index (χ2n) is 2.73. The highest BCUT2D eigenvalue weighted by atomic mass is 19.1. The smallest absolute Gasteiger partial charge is 0.155 e. The van der Waals surface area contributed by atoms with Gasteiger partial charge >= 0.3 is 0 Å². The SMILES string of the molecule is [2H]c1ccc2cc(C(C)F)oc2c1. The van der Waals surface area contributed by atoms with Crippen molar-refractivity contribution in [3.63, 3.8) is 0 Å². The van der Waals surface area contributed by atoms with E-state index in [1.54, 1.807) is 24.3 Å². The number of rotatable bonds is 1. The van der Waals surface area contributed by atoms with Crippen molar-refractivity contribution in [2.45, 2.75) is 13.1 Å². The summed E-state index contributed by atoms with van der Waals surface area (Å²) in [7, 11) is 0. The van der Waals surface area contributed by atoms with Crippen molar-refractivity contribution in [1.82, 2.24) is 0 Å². The van der Waals surface area contributed by atoms with Crippen LogP contribution in [0.5, 0.6) is 0 Å². The molecule has 1 aromatic heterocycles. The molecule has 62 valence electrons. The fourth-order valence-corrected chi connectivity index (χ4v) is 1.14. The first-order chi connectivity index (χ1) is 6.16. The van der Waals surface area contributed by atoms with E-state index in [4.69, 9.17) is 5.79 Å². The second-order valence-corrected chi connectivity index (χ2v) is 2.73. The molecule has 2 rings (SSSR count). The normalized spacial score (nSPS) is 14.7. The molecule has 1 nitrogen and oxygen atoms in total. The van der Waals surface area contributed by atoms with Gasteiger partial charge in [0.05, 0.1) is 1.37 Å². The van der Waals surface area contributed by atoms with Crippen LogP contribution in [0.1, 0.15) is 20.2 Å². The van der Waals surface area contributed by atoms with Gasteiger partial charge in [-0.05, 0) is 19.1 Å². The summed E-state index contributed by atoms with van der Waals surface area (Å²) in [5.41, 5.74) is 0.576. The molecule has 0 aliphatic heterocycles. The number of hydrogen-bond donors (Lipinski definition) is 0. The number of fused-ring (bicyclic) bond motifs is 1. The number of benzene rings is 1. The molecule has 0 amide bonds. The van der Waals surface area contributed by atoms with E-state index in [9.17, 15) is 4.39 Å². The number of alkyl halides is 1. The van der Waals surface area contributed by atoms with Gasteiger partial charge in [0, 0.05) is 5.39 Å². The van der Waals surface area contributed by atoms with E-state index in [-0.39, 0.29) is 0 Å². The Morgan fingerprint density at radius 3 is 3.17 bits per heavy atom. The highest BCUT2D eigenvalue weighted by Crippen LogP contribution is 2.25. The number of hydrogen-bond acceptors (Lipinski definition) is 1. The van der Waals surface area contributed by atoms with Crippen LogP contribution in [0, 0.1) is 0 Å². The third kappa shape index (κ3) is 1.09. The fourth-order valence-electron chi connectivity index (χ4n) is 1.14. The second kappa shape index (κ2) is 2.63. The molecule has 0 aliphatic rings. The van der Waals surface area contributed by atoms with E-state index >= 15 is 0 Å². The summed E-state index contributed by atoms with van der Waals surface area (Å²) in [6.45, 7) is 1.43. The third-order valence-corrected chi connectivity index (χ3v) is 1.78. The molecule has 0 saturated carbocycles. The monoisotopic (exact) mass is 165 g/mol. The lowest BCUT2D eigenvalue weighted by Gasteiger charge is -1.91. The maximum Gasteiger partial charge on any atom is 0.155 e. The van der Waals surface area contributed by atoms with Crippen LogP contribution in [0.15, 0.2) is 34.7 Å². The van der Waals surface area contributed by atoms with Gasteiger partial charge in [-0.2, -0.15) is 0 Å². The maximum atomic E-state index is 12.8. The Morgan fingerprint density at radius 2 is 2.42 bits per heavy atom. The van der Waals surface area contributed by atoms with Crippen LogP contribution in [0.4, 0.5) is 4.39 Å². The first kappa shape index (κ1) is 6.23. The summed E-state index contributed by atoms with van der Waals surface area (Å²) in [6, 6.07) is 7.04. The van der Waals surface area contributed by atoms with Crippen molar-refractivity contribution in [1.29, 1.82) is 0 Å². The molecule has 0 radical (unpaired) electrons. The molecule has 0 bridgehead atoms. The zero-order chi connectivity index (χ0) is 9.42. The van der Waals surface area contributed by atoms with Crippen molar-refractivity contribution in [2.24, 2.45) is 0 Å². The zero-order valence-electron chi connectivity index (χ0n) is 7.67. The molecule has 0 N–H and O–H groups in total. The third-order valence-electron chi connectivity index (χ3n) is 1.78. The standard InChI is InChI=1S/C10H9FO/c1-7(11)10-6-8-4-2-3-5-9(8)12-10/h2-7H,1H3/i3D. The Kier molecular flexibility index (Phi) is 1.36. The molecule has 1 unspecified atom stereocenters. The first-order valence-electron chi connectivity index (χ1n) is 4.31. The van der Waals surface area contributed by atoms with Crippen molar-refractivity contribution >= 4 is 11.0 Å². The number of halogens is 1. The van der Waals surface area contributed by atoms with Gasteiger partial charge < -0.3 is 4.42 Å². The Morgan fingerprint density at radius 1 is 1.58 bits per heavy atom. The van der Waals surface area contributed by atoms with Crippen LogP contribution >= 0.6 is 0 Å². The van der Waals surface area contributed by atoms with E-state index < -0.39 is 6.17 Å².